The predicted octanol–water partition coefficient (Wildman–Crippen LogP) is 0.363. The number of pyridine rings is 1. The van der Waals surface area contributed by atoms with E-state index < -0.39 is 0 Å². The second-order valence-corrected chi connectivity index (χ2v) is 2.68. The van der Waals surface area contributed by atoms with Crippen molar-refractivity contribution in [2.75, 3.05) is 0 Å². The molecular formula is C6H6N3OP. The van der Waals surface area contributed by atoms with Gasteiger partial charge in [-0.3, -0.25) is 4.79 Å². The summed E-state index contributed by atoms with van der Waals surface area (Å²) in [5, 5.41) is 4.52. The molecule has 2 rings (SSSR count). The number of nitrogens with zero attached hydrogens (tertiary/aromatic N) is 2. The van der Waals surface area contributed by atoms with Crippen molar-refractivity contribution in [2.45, 2.75) is 0 Å². The van der Waals surface area contributed by atoms with E-state index in [2.05, 4.69) is 19.5 Å². The van der Waals surface area contributed by atoms with Crippen LogP contribution in [-0.4, -0.2) is 14.5 Å². The lowest BCUT2D eigenvalue weighted by Crippen LogP contribution is -1.98. The molecule has 0 spiro atoms. The van der Waals surface area contributed by atoms with E-state index >= 15 is 0 Å². The van der Waals surface area contributed by atoms with Gasteiger partial charge in [0.2, 0.25) is 0 Å². The highest BCUT2D eigenvalue weighted by Crippen LogP contribution is 2.06. The third kappa shape index (κ3) is 0.870. The van der Waals surface area contributed by atoms with Gasteiger partial charge in [-0.2, -0.15) is 5.10 Å². The Kier molecular flexibility index (Phi) is 1.29. The molecule has 4 nitrogen and oxygen atoms in total. The molecule has 0 aliphatic heterocycles. The van der Waals surface area contributed by atoms with Crippen LogP contribution >= 0.6 is 9.39 Å². The van der Waals surface area contributed by atoms with Crippen LogP contribution in [-0.2, 0) is 0 Å². The Labute approximate surface area is 64.5 Å². The van der Waals surface area contributed by atoms with Crippen molar-refractivity contribution in [3.63, 3.8) is 0 Å². The van der Waals surface area contributed by atoms with Gasteiger partial charge in [-0.1, -0.05) is 0 Å². The number of rotatable bonds is 0. The second kappa shape index (κ2) is 2.17. The summed E-state index contributed by atoms with van der Waals surface area (Å²) >= 11 is 0. The molecule has 1 atom stereocenters. The van der Waals surface area contributed by atoms with Gasteiger partial charge in [-0.05, 0) is 9.39 Å². The molecule has 56 valence electrons. The fourth-order valence-corrected chi connectivity index (χ4v) is 1.25. The minimum Gasteiger partial charge on any atom is -0.346 e. The first-order valence-corrected chi connectivity index (χ1v) is 3.61. The molecule has 0 aliphatic carbocycles. The summed E-state index contributed by atoms with van der Waals surface area (Å²) in [6.45, 7) is 0. The van der Waals surface area contributed by atoms with Crippen LogP contribution in [0.2, 0.25) is 0 Å². The number of nitrogens with one attached hydrogen (secondary N) is 1. The van der Waals surface area contributed by atoms with Crippen LogP contribution in [0.1, 0.15) is 0 Å². The van der Waals surface area contributed by atoms with Crippen molar-refractivity contribution in [2.24, 2.45) is 0 Å². The van der Waals surface area contributed by atoms with E-state index in [0.717, 1.165) is 5.65 Å². The molecule has 0 fully saturated rings. The Morgan fingerprint density at radius 1 is 1.64 bits per heavy atom. The summed E-state index contributed by atoms with van der Waals surface area (Å²) in [6.07, 6.45) is 3.15. The third-order valence-electron chi connectivity index (χ3n) is 1.52. The van der Waals surface area contributed by atoms with Crippen molar-refractivity contribution in [3.05, 3.63) is 28.7 Å². The molecule has 2 heterocycles. The minimum atomic E-state index is -0.00699. The van der Waals surface area contributed by atoms with Gasteiger partial charge in [0.1, 0.15) is 5.65 Å². The lowest BCUT2D eigenvalue weighted by Gasteiger charge is -1.90. The maximum atomic E-state index is 11.1. The maximum absolute atomic E-state index is 11.1. The van der Waals surface area contributed by atoms with Crippen molar-refractivity contribution in [1.82, 2.24) is 14.5 Å². The Balaban J connectivity index is 3.06. The third-order valence-corrected chi connectivity index (χ3v) is 1.91. The lowest BCUT2D eigenvalue weighted by molar-refractivity contribution is 1.02. The first kappa shape index (κ1) is 6.55. The molecule has 5 heteroatoms. The second-order valence-electron chi connectivity index (χ2n) is 2.19. The predicted molar refractivity (Wildman–Crippen MR) is 45.5 cm³/mol. The van der Waals surface area contributed by atoms with Gasteiger partial charge < -0.3 is 4.98 Å². The quantitative estimate of drug-likeness (QED) is 0.576. The molecule has 0 saturated carbocycles. The summed E-state index contributed by atoms with van der Waals surface area (Å²) in [7, 11) is 2.39. The molecule has 11 heavy (non-hydrogen) atoms. The van der Waals surface area contributed by atoms with Crippen LogP contribution in [0, 0.1) is 0 Å². The van der Waals surface area contributed by atoms with E-state index in [1.54, 1.807) is 16.8 Å². The zero-order valence-electron chi connectivity index (χ0n) is 5.61. The molecule has 2 aromatic heterocycles. The number of fused-ring (bicyclic) bond motifs is 1. The molecule has 0 aliphatic rings. The van der Waals surface area contributed by atoms with Crippen LogP contribution in [0.3, 0.4) is 0 Å². The summed E-state index contributed by atoms with van der Waals surface area (Å²) in [6, 6.07) is 1.48. The van der Waals surface area contributed by atoms with Gasteiger partial charge in [0, 0.05) is 12.3 Å². The summed E-state index contributed by atoms with van der Waals surface area (Å²) in [5.41, 5.74) is 0.718. The number of aromatic nitrogens is 3. The van der Waals surface area contributed by atoms with E-state index in [1.807, 2.05) is 0 Å². The molecule has 0 aromatic carbocycles. The molecule has 2 aromatic rings. The Bertz CT molecular complexity index is 444. The zero-order chi connectivity index (χ0) is 7.84. The average molecular weight is 167 g/mol. The maximum Gasteiger partial charge on any atom is 0.192 e. The summed E-state index contributed by atoms with van der Waals surface area (Å²) in [4.78, 5) is 14.0. The molecular weight excluding hydrogens is 161 g/mol. The fraction of sp³-hybridized carbons (Fsp3) is 0. The zero-order valence-corrected chi connectivity index (χ0v) is 6.77. The van der Waals surface area contributed by atoms with Crippen molar-refractivity contribution in [3.8, 4) is 0 Å². The molecule has 1 N–H and O–H groups in total. The van der Waals surface area contributed by atoms with Gasteiger partial charge in [0.15, 0.2) is 5.43 Å². The van der Waals surface area contributed by atoms with Crippen LogP contribution in [0.25, 0.3) is 11.0 Å². The normalized spacial score (nSPS) is 10.6. The summed E-state index contributed by atoms with van der Waals surface area (Å²) in [5.74, 6) is 0. The van der Waals surface area contributed by atoms with E-state index in [9.17, 15) is 4.79 Å². The van der Waals surface area contributed by atoms with Crippen LogP contribution in [0.5, 0.6) is 0 Å². The number of hydrogen-bond donors (Lipinski definition) is 1. The van der Waals surface area contributed by atoms with Gasteiger partial charge in [0.05, 0.1) is 11.6 Å². The molecule has 0 bridgehead atoms. The first-order chi connectivity index (χ1) is 5.29. The fourth-order valence-electron chi connectivity index (χ4n) is 0.972. The van der Waals surface area contributed by atoms with Crippen molar-refractivity contribution in [1.29, 1.82) is 0 Å². The highest BCUT2D eigenvalue weighted by Gasteiger charge is 2.00. The monoisotopic (exact) mass is 167 g/mol. The van der Waals surface area contributed by atoms with Gasteiger partial charge >= 0.3 is 0 Å². The van der Waals surface area contributed by atoms with Gasteiger partial charge in [-0.25, -0.2) is 4.45 Å². The van der Waals surface area contributed by atoms with Crippen molar-refractivity contribution >= 4 is 20.4 Å². The first-order valence-electron chi connectivity index (χ1n) is 3.09. The van der Waals surface area contributed by atoms with Gasteiger partial charge in [0.25, 0.3) is 0 Å². The highest BCUT2D eigenvalue weighted by molar-refractivity contribution is 7.14. The molecule has 0 radical (unpaired) electrons. The van der Waals surface area contributed by atoms with E-state index in [1.165, 1.54) is 6.07 Å². The van der Waals surface area contributed by atoms with Crippen molar-refractivity contribution < 1.29 is 0 Å². The van der Waals surface area contributed by atoms with E-state index in [-0.39, 0.29) is 5.43 Å². The number of aromatic amines is 1. The average Bonchev–Trinajstić information content (AvgIpc) is 2.35. The minimum absolute atomic E-state index is 0.00699. The topological polar surface area (TPSA) is 50.7 Å². The smallest absolute Gasteiger partial charge is 0.192 e. The van der Waals surface area contributed by atoms with Crippen LogP contribution in [0.4, 0.5) is 0 Å². The Morgan fingerprint density at radius 2 is 2.45 bits per heavy atom. The van der Waals surface area contributed by atoms with E-state index in [4.69, 9.17) is 0 Å². The van der Waals surface area contributed by atoms with Gasteiger partial charge in [-0.15, -0.1) is 0 Å². The highest BCUT2D eigenvalue weighted by atomic mass is 31.0. The molecule has 1 unspecified atom stereocenters. The Morgan fingerprint density at radius 3 is 3.18 bits per heavy atom. The lowest BCUT2D eigenvalue weighted by atomic mass is 10.3. The SMILES string of the molecule is O=c1cc[nH]c2c1cnn2P. The largest absolute Gasteiger partial charge is 0.346 e. The van der Waals surface area contributed by atoms with Crippen LogP contribution < -0.4 is 5.43 Å². The number of H-pyrrole nitrogens is 1. The molecule has 0 amide bonds. The molecule has 0 saturated heterocycles. The van der Waals surface area contributed by atoms with Crippen LogP contribution in [0.15, 0.2) is 23.3 Å². The Hall–Kier alpha value is -1.15. The summed E-state index contributed by atoms with van der Waals surface area (Å²) < 4.78 is 1.55. The van der Waals surface area contributed by atoms with E-state index in [0.29, 0.717) is 5.39 Å². The standard InChI is InChI=1S/C6H6N3OP/c10-5-1-2-7-6-4(5)3-8-9(6)11/h1-3H,11H2,(H,7,10). The number of hydrogen-bond acceptors (Lipinski definition) is 2.